The molecule has 0 saturated heterocycles. The Bertz CT molecular complexity index is 965. The number of allylic oxidation sites excluding steroid dienone is 2. The van der Waals surface area contributed by atoms with Gasteiger partial charge in [-0.15, -0.1) is 0 Å². The standard InChI is InChI=1S/C20H18O8/c1-10(21)27-20-15(25-2)8-11(9-16(20)26-3)4-7-14-17(23)12-5-6-13(22)18(24)19(12)28-14/h5-9,22,24H,4H2,1-3H3. The van der Waals surface area contributed by atoms with Crippen LogP contribution in [0.15, 0.2) is 36.1 Å². The van der Waals surface area contributed by atoms with Crippen molar-refractivity contribution in [3.63, 3.8) is 0 Å². The van der Waals surface area contributed by atoms with E-state index in [4.69, 9.17) is 18.9 Å². The third kappa shape index (κ3) is 3.44. The number of hydrogen-bond acceptors (Lipinski definition) is 8. The minimum absolute atomic E-state index is 0.0258. The minimum Gasteiger partial charge on any atom is -0.504 e. The Labute approximate surface area is 160 Å². The van der Waals surface area contributed by atoms with Crippen molar-refractivity contribution in [1.82, 2.24) is 0 Å². The predicted octanol–water partition coefficient (Wildman–Crippen LogP) is 2.74. The van der Waals surface area contributed by atoms with Crippen LogP contribution in [0.3, 0.4) is 0 Å². The van der Waals surface area contributed by atoms with Crippen LogP contribution in [0.1, 0.15) is 22.8 Å². The molecule has 8 nitrogen and oxygen atoms in total. The molecule has 1 aliphatic heterocycles. The molecule has 28 heavy (non-hydrogen) atoms. The van der Waals surface area contributed by atoms with Gasteiger partial charge in [-0.2, -0.15) is 0 Å². The number of methoxy groups -OCH3 is 2. The van der Waals surface area contributed by atoms with Gasteiger partial charge in [0.25, 0.3) is 0 Å². The maximum absolute atomic E-state index is 12.4. The number of fused-ring (bicyclic) bond motifs is 1. The lowest BCUT2D eigenvalue weighted by Crippen LogP contribution is -2.05. The Morgan fingerprint density at radius 3 is 2.36 bits per heavy atom. The Morgan fingerprint density at radius 2 is 1.79 bits per heavy atom. The molecule has 8 heteroatoms. The molecule has 0 bridgehead atoms. The highest BCUT2D eigenvalue weighted by molar-refractivity contribution is 6.13. The summed E-state index contributed by atoms with van der Waals surface area (Å²) in [6.07, 6.45) is 1.81. The monoisotopic (exact) mass is 386 g/mol. The van der Waals surface area contributed by atoms with Gasteiger partial charge in [0.1, 0.15) is 0 Å². The largest absolute Gasteiger partial charge is 0.504 e. The molecule has 0 aliphatic carbocycles. The van der Waals surface area contributed by atoms with Crippen molar-refractivity contribution >= 4 is 11.8 Å². The first-order valence-electron chi connectivity index (χ1n) is 8.26. The van der Waals surface area contributed by atoms with Crippen LogP contribution in [0.5, 0.6) is 34.5 Å². The lowest BCUT2D eigenvalue weighted by Gasteiger charge is -2.14. The van der Waals surface area contributed by atoms with Crippen molar-refractivity contribution in [2.45, 2.75) is 13.3 Å². The van der Waals surface area contributed by atoms with E-state index in [9.17, 15) is 19.8 Å². The quantitative estimate of drug-likeness (QED) is 0.349. The van der Waals surface area contributed by atoms with Crippen molar-refractivity contribution in [2.24, 2.45) is 0 Å². The minimum atomic E-state index is -0.516. The first-order chi connectivity index (χ1) is 13.3. The Morgan fingerprint density at radius 1 is 1.14 bits per heavy atom. The number of benzene rings is 2. The maximum Gasteiger partial charge on any atom is 0.308 e. The molecule has 1 aliphatic rings. The molecular weight excluding hydrogens is 368 g/mol. The van der Waals surface area contributed by atoms with Crippen molar-refractivity contribution < 1.29 is 38.7 Å². The molecule has 2 aromatic rings. The molecule has 0 fully saturated rings. The van der Waals surface area contributed by atoms with E-state index in [1.807, 2.05) is 0 Å². The molecule has 146 valence electrons. The first-order valence-corrected chi connectivity index (χ1v) is 8.26. The maximum atomic E-state index is 12.4. The molecule has 0 atom stereocenters. The summed E-state index contributed by atoms with van der Waals surface area (Å²) in [7, 11) is 2.86. The highest BCUT2D eigenvalue weighted by atomic mass is 16.6. The fraction of sp³-hybridized carbons (Fsp3) is 0.200. The van der Waals surface area contributed by atoms with Crippen molar-refractivity contribution in [2.75, 3.05) is 14.2 Å². The van der Waals surface area contributed by atoms with Gasteiger partial charge in [-0.3, -0.25) is 9.59 Å². The van der Waals surface area contributed by atoms with Gasteiger partial charge in [0.05, 0.1) is 19.8 Å². The van der Waals surface area contributed by atoms with Gasteiger partial charge in [-0.25, -0.2) is 0 Å². The summed E-state index contributed by atoms with van der Waals surface area (Å²) in [5.41, 5.74) is 0.874. The van der Waals surface area contributed by atoms with Crippen molar-refractivity contribution in [1.29, 1.82) is 0 Å². The van der Waals surface area contributed by atoms with Crippen LogP contribution in [0.2, 0.25) is 0 Å². The summed E-state index contributed by atoms with van der Waals surface area (Å²) in [4.78, 5) is 23.7. The number of esters is 1. The molecular formula is C20H18O8. The zero-order chi connectivity index (χ0) is 20.4. The number of rotatable bonds is 5. The summed E-state index contributed by atoms with van der Waals surface area (Å²) in [5, 5.41) is 19.4. The number of phenols is 2. The van der Waals surface area contributed by atoms with Crippen LogP contribution in [0.25, 0.3) is 0 Å². The van der Waals surface area contributed by atoms with Crippen LogP contribution in [-0.2, 0) is 11.2 Å². The van der Waals surface area contributed by atoms with Gasteiger partial charge in [-0.1, -0.05) is 0 Å². The number of ether oxygens (including phenoxy) is 4. The van der Waals surface area contributed by atoms with Crippen LogP contribution < -0.4 is 18.9 Å². The van der Waals surface area contributed by atoms with E-state index in [1.54, 1.807) is 18.2 Å². The zero-order valence-corrected chi connectivity index (χ0v) is 15.4. The van der Waals surface area contributed by atoms with Crippen molar-refractivity contribution in [3.8, 4) is 34.5 Å². The molecule has 0 amide bonds. The van der Waals surface area contributed by atoms with Crippen LogP contribution in [0.4, 0.5) is 0 Å². The van der Waals surface area contributed by atoms with E-state index in [2.05, 4.69) is 0 Å². The predicted molar refractivity (Wildman–Crippen MR) is 97.4 cm³/mol. The SMILES string of the molecule is COc1cc(CC=C2Oc3c(ccc(O)c3O)C2=O)cc(OC)c1OC(C)=O. The molecule has 0 radical (unpaired) electrons. The summed E-state index contributed by atoms with van der Waals surface area (Å²) in [5.74, 6) is -1.06. The van der Waals surface area contributed by atoms with Gasteiger partial charge < -0.3 is 29.2 Å². The second-order valence-electron chi connectivity index (χ2n) is 5.94. The van der Waals surface area contributed by atoms with E-state index in [0.29, 0.717) is 17.1 Å². The number of ketones is 1. The third-order valence-electron chi connectivity index (χ3n) is 4.08. The van der Waals surface area contributed by atoms with E-state index >= 15 is 0 Å². The molecule has 1 heterocycles. The van der Waals surface area contributed by atoms with Crippen LogP contribution >= 0.6 is 0 Å². The van der Waals surface area contributed by atoms with Crippen molar-refractivity contribution in [3.05, 3.63) is 47.2 Å². The number of phenolic OH excluding ortho intramolecular Hbond substituents is 2. The van der Waals surface area contributed by atoms with Gasteiger partial charge in [0.2, 0.25) is 17.3 Å². The lowest BCUT2D eigenvalue weighted by molar-refractivity contribution is -0.132. The summed E-state index contributed by atoms with van der Waals surface area (Å²) >= 11 is 0. The van der Waals surface area contributed by atoms with E-state index in [1.165, 1.54) is 33.3 Å². The summed E-state index contributed by atoms with van der Waals surface area (Å²) in [6.45, 7) is 1.27. The number of carbonyl (C=O) groups excluding carboxylic acids is 2. The van der Waals surface area contributed by atoms with Gasteiger partial charge in [-0.05, 0) is 42.3 Å². The van der Waals surface area contributed by atoms with Crippen LogP contribution in [-0.4, -0.2) is 36.2 Å². The van der Waals surface area contributed by atoms with Crippen LogP contribution in [0, 0.1) is 0 Å². The summed E-state index contributed by atoms with van der Waals surface area (Å²) in [6, 6.07) is 5.90. The molecule has 0 saturated carbocycles. The third-order valence-corrected chi connectivity index (χ3v) is 4.08. The number of Topliss-reactive ketones (excluding diaryl/α,β-unsaturated/α-hetero) is 1. The van der Waals surface area contributed by atoms with Gasteiger partial charge in [0.15, 0.2) is 28.8 Å². The number of aromatic hydroxyl groups is 2. The normalized spacial score (nSPS) is 13.8. The second kappa shape index (κ2) is 7.51. The van der Waals surface area contributed by atoms with E-state index in [-0.39, 0.29) is 35.0 Å². The van der Waals surface area contributed by atoms with E-state index in [0.717, 1.165) is 0 Å². The number of hydrogen-bond donors (Lipinski definition) is 2. The molecule has 0 spiro atoms. The summed E-state index contributed by atoms with van der Waals surface area (Å²) < 4.78 is 21.1. The Kier molecular flexibility index (Phi) is 5.12. The highest BCUT2D eigenvalue weighted by Gasteiger charge is 2.31. The topological polar surface area (TPSA) is 112 Å². The zero-order valence-electron chi connectivity index (χ0n) is 15.4. The van der Waals surface area contributed by atoms with Gasteiger partial charge >= 0.3 is 5.97 Å². The highest BCUT2D eigenvalue weighted by Crippen LogP contribution is 2.44. The average Bonchev–Trinajstić information content (AvgIpc) is 2.99. The fourth-order valence-corrected chi connectivity index (χ4v) is 2.77. The first kappa shape index (κ1) is 19.1. The second-order valence-corrected chi connectivity index (χ2v) is 5.94. The number of carbonyl (C=O) groups is 2. The average molecular weight is 386 g/mol. The Balaban J connectivity index is 1.89. The molecule has 0 unspecified atom stereocenters. The smallest absolute Gasteiger partial charge is 0.308 e. The molecule has 3 rings (SSSR count). The molecule has 0 aromatic heterocycles. The fourth-order valence-electron chi connectivity index (χ4n) is 2.77. The van der Waals surface area contributed by atoms with Gasteiger partial charge in [0, 0.05) is 6.92 Å². The van der Waals surface area contributed by atoms with E-state index < -0.39 is 17.5 Å². The molecule has 2 N–H and O–H groups in total. The molecule has 2 aromatic carbocycles. The Hall–Kier alpha value is -3.68. The lowest BCUT2D eigenvalue weighted by atomic mass is 10.1.